The lowest BCUT2D eigenvalue weighted by molar-refractivity contribution is 0.469. The van der Waals surface area contributed by atoms with Crippen LogP contribution in [0.1, 0.15) is 10.4 Å². The van der Waals surface area contributed by atoms with Crippen molar-refractivity contribution in [3.05, 3.63) is 46.2 Å². The van der Waals surface area contributed by atoms with E-state index in [9.17, 15) is 8.42 Å². The molecule has 0 aliphatic rings. The minimum absolute atomic E-state index is 0.159. The number of nitrogens with two attached hydrogens (primary N) is 1. The molecule has 0 unspecified atom stereocenters. The average molecular weight is 296 g/mol. The van der Waals surface area contributed by atoms with Gasteiger partial charge < -0.3 is 5.73 Å². The molecule has 0 aliphatic heterocycles. The number of para-hydroxylation sites is 1. The molecule has 19 heavy (non-hydrogen) atoms. The van der Waals surface area contributed by atoms with Crippen molar-refractivity contribution in [1.82, 2.24) is 4.31 Å². The Bertz CT molecular complexity index is 677. The maximum Gasteiger partial charge on any atom is 0.245 e. The summed E-state index contributed by atoms with van der Waals surface area (Å²) in [5, 5.41) is 1.96. The van der Waals surface area contributed by atoms with E-state index in [-0.39, 0.29) is 10.6 Å². The van der Waals surface area contributed by atoms with E-state index in [4.69, 9.17) is 5.73 Å². The smallest absolute Gasteiger partial charge is 0.245 e. The Balaban J connectivity index is 2.30. The Hall–Kier alpha value is -1.37. The summed E-state index contributed by atoms with van der Waals surface area (Å²) < 4.78 is 26.2. The van der Waals surface area contributed by atoms with Gasteiger partial charge in [-0.25, -0.2) is 8.42 Å². The van der Waals surface area contributed by atoms with Gasteiger partial charge in [-0.2, -0.15) is 4.31 Å². The van der Waals surface area contributed by atoms with Gasteiger partial charge in [-0.3, -0.25) is 0 Å². The zero-order valence-electron chi connectivity index (χ0n) is 10.8. The minimum Gasteiger partial charge on any atom is -0.398 e. The highest BCUT2D eigenvalue weighted by Gasteiger charge is 2.23. The van der Waals surface area contributed by atoms with E-state index in [2.05, 4.69) is 0 Å². The summed E-state index contributed by atoms with van der Waals surface area (Å²) in [4.78, 5) is 1.20. The monoisotopic (exact) mass is 296 g/mol. The number of anilines is 1. The summed E-state index contributed by atoms with van der Waals surface area (Å²) in [5.74, 6) is 0. The number of benzene rings is 1. The number of sulfonamides is 1. The molecule has 0 radical (unpaired) electrons. The molecule has 1 aromatic heterocycles. The zero-order chi connectivity index (χ0) is 14.0. The minimum atomic E-state index is -3.55. The standard InChI is InChI=1S/C13H16N2O2S2/c1-10-7-8-18-12(10)9-15(2)19(16,17)13-6-4-3-5-11(13)14/h3-8H,9,14H2,1-2H3. The molecule has 0 fully saturated rings. The van der Waals surface area contributed by atoms with E-state index in [1.807, 2.05) is 18.4 Å². The van der Waals surface area contributed by atoms with Crippen molar-refractivity contribution in [3.8, 4) is 0 Å². The van der Waals surface area contributed by atoms with Crippen LogP contribution in [0, 0.1) is 6.92 Å². The van der Waals surface area contributed by atoms with Crippen molar-refractivity contribution in [2.45, 2.75) is 18.4 Å². The lowest BCUT2D eigenvalue weighted by Gasteiger charge is -2.18. The summed E-state index contributed by atoms with van der Waals surface area (Å²) in [6.45, 7) is 2.34. The van der Waals surface area contributed by atoms with Crippen LogP contribution < -0.4 is 5.73 Å². The van der Waals surface area contributed by atoms with Crippen LogP contribution in [-0.4, -0.2) is 19.8 Å². The van der Waals surface area contributed by atoms with Gasteiger partial charge in [-0.1, -0.05) is 12.1 Å². The zero-order valence-corrected chi connectivity index (χ0v) is 12.5. The number of hydrogen-bond donors (Lipinski definition) is 1. The molecule has 6 heteroatoms. The van der Waals surface area contributed by atoms with Gasteiger partial charge in [-0.15, -0.1) is 11.3 Å². The first-order valence-electron chi connectivity index (χ1n) is 5.76. The highest BCUT2D eigenvalue weighted by atomic mass is 32.2. The topological polar surface area (TPSA) is 63.4 Å². The van der Waals surface area contributed by atoms with Gasteiger partial charge >= 0.3 is 0 Å². The van der Waals surface area contributed by atoms with Gasteiger partial charge in [0.05, 0.1) is 5.69 Å². The van der Waals surface area contributed by atoms with E-state index in [1.54, 1.807) is 36.6 Å². The van der Waals surface area contributed by atoms with Gasteiger partial charge in [0.25, 0.3) is 0 Å². The fourth-order valence-electron chi connectivity index (χ4n) is 1.74. The van der Waals surface area contributed by atoms with Crippen molar-refractivity contribution < 1.29 is 8.42 Å². The number of thiophene rings is 1. The molecule has 0 aliphatic carbocycles. The van der Waals surface area contributed by atoms with E-state index in [0.29, 0.717) is 6.54 Å². The summed E-state index contributed by atoms with van der Waals surface area (Å²) >= 11 is 1.56. The molecular formula is C13H16N2O2S2. The molecule has 4 nitrogen and oxygen atoms in total. The fourth-order valence-corrected chi connectivity index (χ4v) is 4.03. The largest absolute Gasteiger partial charge is 0.398 e. The third-order valence-corrected chi connectivity index (χ3v) is 5.83. The second kappa shape index (κ2) is 5.32. The van der Waals surface area contributed by atoms with E-state index < -0.39 is 10.0 Å². The van der Waals surface area contributed by atoms with Crippen molar-refractivity contribution in [2.24, 2.45) is 0 Å². The summed E-state index contributed by atoms with van der Waals surface area (Å²) in [6.07, 6.45) is 0. The van der Waals surface area contributed by atoms with Gasteiger partial charge in [0.1, 0.15) is 4.90 Å². The quantitative estimate of drug-likeness (QED) is 0.882. The van der Waals surface area contributed by atoms with Crippen LogP contribution in [-0.2, 0) is 16.6 Å². The molecule has 0 saturated heterocycles. The van der Waals surface area contributed by atoms with Gasteiger partial charge in [0, 0.05) is 18.5 Å². The number of nitrogens with zero attached hydrogens (tertiary/aromatic N) is 1. The van der Waals surface area contributed by atoms with Crippen LogP contribution in [0.15, 0.2) is 40.6 Å². The molecule has 0 saturated carbocycles. The predicted molar refractivity (Wildman–Crippen MR) is 78.6 cm³/mol. The molecule has 0 amide bonds. The van der Waals surface area contributed by atoms with E-state index >= 15 is 0 Å². The first-order chi connectivity index (χ1) is 8.93. The Morgan fingerprint density at radius 3 is 2.53 bits per heavy atom. The predicted octanol–water partition coefficient (Wildman–Crippen LogP) is 2.46. The summed E-state index contributed by atoms with van der Waals surface area (Å²) in [5.41, 5.74) is 7.12. The SMILES string of the molecule is Cc1ccsc1CN(C)S(=O)(=O)c1ccccc1N. The van der Waals surface area contributed by atoms with Crippen LogP contribution in [0.3, 0.4) is 0 Å². The first kappa shape index (κ1) is 14.0. The average Bonchev–Trinajstić information content (AvgIpc) is 2.75. The third-order valence-electron chi connectivity index (χ3n) is 2.94. The Morgan fingerprint density at radius 2 is 1.95 bits per heavy atom. The van der Waals surface area contributed by atoms with Crippen LogP contribution in [0.4, 0.5) is 5.69 Å². The van der Waals surface area contributed by atoms with Gasteiger partial charge in [-0.05, 0) is 36.1 Å². The summed E-state index contributed by atoms with van der Waals surface area (Å²) in [7, 11) is -1.98. The van der Waals surface area contributed by atoms with E-state index in [0.717, 1.165) is 10.4 Å². The lowest BCUT2D eigenvalue weighted by Crippen LogP contribution is -2.27. The van der Waals surface area contributed by atoms with Crippen molar-refractivity contribution in [2.75, 3.05) is 12.8 Å². The van der Waals surface area contributed by atoms with Crippen LogP contribution in [0.2, 0.25) is 0 Å². The molecule has 0 bridgehead atoms. The molecule has 0 atom stereocenters. The molecule has 2 aromatic rings. The molecule has 1 aromatic carbocycles. The van der Waals surface area contributed by atoms with E-state index in [1.165, 1.54) is 10.4 Å². The van der Waals surface area contributed by atoms with Crippen LogP contribution in [0.5, 0.6) is 0 Å². The third kappa shape index (κ3) is 2.80. The van der Waals surface area contributed by atoms with Crippen molar-refractivity contribution in [3.63, 3.8) is 0 Å². The van der Waals surface area contributed by atoms with Crippen molar-refractivity contribution in [1.29, 1.82) is 0 Å². The van der Waals surface area contributed by atoms with Gasteiger partial charge in [0.15, 0.2) is 0 Å². The number of aryl methyl sites for hydroxylation is 1. The number of rotatable bonds is 4. The number of hydrogen-bond acceptors (Lipinski definition) is 4. The Kier molecular flexibility index (Phi) is 3.93. The second-order valence-corrected chi connectivity index (χ2v) is 7.34. The first-order valence-corrected chi connectivity index (χ1v) is 8.08. The Morgan fingerprint density at radius 1 is 1.26 bits per heavy atom. The van der Waals surface area contributed by atoms with Crippen LogP contribution in [0.25, 0.3) is 0 Å². The second-order valence-electron chi connectivity index (χ2n) is 4.33. The maximum atomic E-state index is 12.4. The molecule has 1 heterocycles. The summed E-state index contributed by atoms with van der Waals surface area (Å²) in [6, 6.07) is 8.50. The molecule has 2 rings (SSSR count). The normalized spacial score (nSPS) is 11.9. The maximum absolute atomic E-state index is 12.4. The molecular weight excluding hydrogens is 280 g/mol. The Labute approximate surface area is 117 Å². The highest BCUT2D eigenvalue weighted by molar-refractivity contribution is 7.89. The number of nitrogen functional groups attached to an aromatic ring is 1. The molecule has 102 valence electrons. The van der Waals surface area contributed by atoms with Gasteiger partial charge in [0.2, 0.25) is 10.0 Å². The van der Waals surface area contributed by atoms with Crippen LogP contribution >= 0.6 is 11.3 Å². The van der Waals surface area contributed by atoms with Crippen molar-refractivity contribution >= 4 is 27.0 Å². The highest BCUT2D eigenvalue weighted by Crippen LogP contribution is 2.24. The molecule has 2 N–H and O–H groups in total. The molecule has 0 spiro atoms. The fraction of sp³-hybridized carbons (Fsp3) is 0.231. The lowest BCUT2D eigenvalue weighted by atomic mass is 10.3.